The van der Waals surface area contributed by atoms with Crippen LogP contribution in [0.25, 0.3) is 0 Å². The number of carbonyl (C=O) groups is 1. The van der Waals surface area contributed by atoms with Crippen LogP contribution in [0.4, 0.5) is 17.1 Å². The Morgan fingerprint density at radius 1 is 0.960 bits per heavy atom. The summed E-state index contributed by atoms with van der Waals surface area (Å²) in [7, 11) is 1.59. The SMILES string of the molecule is COc1cccc(NC(=O)c2cncc(Nc3ccc(C)cc3)c2)c1. The van der Waals surface area contributed by atoms with Crippen molar-refractivity contribution in [3.8, 4) is 5.75 Å². The molecule has 25 heavy (non-hydrogen) atoms. The minimum Gasteiger partial charge on any atom is -0.497 e. The number of anilines is 3. The molecule has 0 radical (unpaired) electrons. The molecule has 0 bridgehead atoms. The van der Waals surface area contributed by atoms with Crippen LogP contribution in [0.15, 0.2) is 67.0 Å². The number of aryl methyl sites for hydroxylation is 1. The monoisotopic (exact) mass is 333 g/mol. The molecule has 126 valence electrons. The lowest BCUT2D eigenvalue weighted by Crippen LogP contribution is -2.12. The topological polar surface area (TPSA) is 63.2 Å². The lowest BCUT2D eigenvalue weighted by atomic mass is 10.2. The first kappa shape index (κ1) is 16.5. The molecule has 3 aromatic rings. The summed E-state index contributed by atoms with van der Waals surface area (Å²) in [5.41, 5.74) is 4.02. The fourth-order valence-corrected chi connectivity index (χ4v) is 2.34. The van der Waals surface area contributed by atoms with Gasteiger partial charge in [-0.2, -0.15) is 0 Å². The quantitative estimate of drug-likeness (QED) is 0.727. The van der Waals surface area contributed by atoms with E-state index in [0.29, 0.717) is 17.0 Å². The Labute approximate surface area is 146 Å². The summed E-state index contributed by atoms with van der Waals surface area (Å²) in [6, 6.07) is 17.0. The van der Waals surface area contributed by atoms with Gasteiger partial charge in [-0.3, -0.25) is 9.78 Å². The first-order valence-electron chi connectivity index (χ1n) is 7.88. The number of hydrogen-bond acceptors (Lipinski definition) is 4. The van der Waals surface area contributed by atoms with E-state index in [2.05, 4.69) is 15.6 Å². The average molecular weight is 333 g/mol. The molecule has 0 fully saturated rings. The molecule has 2 aromatic carbocycles. The molecule has 0 aliphatic heterocycles. The number of ether oxygens (including phenoxy) is 1. The van der Waals surface area contributed by atoms with E-state index < -0.39 is 0 Å². The van der Waals surface area contributed by atoms with Gasteiger partial charge in [0.15, 0.2) is 0 Å². The third-order valence-corrected chi connectivity index (χ3v) is 3.67. The molecule has 0 unspecified atom stereocenters. The van der Waals surface area contributed by atoms with Gasteiger partial charge in [-0.25, -0.2) is 0 Å². The molecule has 1 amide bonds. The van der Waals surface area contributed by atoms with Crippen LogP contribution in [0.1, 0.15) is 15.9 Å². The van der Waals surface area contributed by atoms with E-state index in [-0.39, 0.29) is 5.91 Å². The Hall–Kier alpha value is -3.34. The second-order valence-corrected chi connectivity index (χ2v) is 5.64. The minimum absolute atomic E-state index is 0.228. The Balaban J connectivity index is 1.73. The molecule has 0 aliphatic carbocycles. The van der Waals surface area contributed by atoms with Crippen molar-refractivity contribution in [2.24, 2.45) is 0 Å². The highest BCUT2D eigenvalue weighted by atomic mass is 16.5. The van der Waals surface area contributed by atoms with Gasteiger partial charge in [0.25, 0.3) is 5.91 Å². The zero-order valence-electron chi connectivity index (χ0n) is 14.1. The van der Waals surface area contributed by atoms with Gasteiger partial charge < -0.3 is 15.4 Å². The Morgan fingerprint density at radius 3 is 2.52 bits per heavy atom. The molecule has 0 saturated heterocycles. The zero-order chi connectivity index (χ0) is 17.6. The third kappa shape index (κ3) is 4.35. The van der Waals surface area contributed by atoms with Crippen LogP contribution in [0, 0.1) is 6.92 Å². The standard InChI is InChI=1S/C20H19N3O2/c1-14-6-8-16(9-7-14)22-18-10-15(12-21-13-18)20(24)23-17-4-3-5-19(11-17)25-2/h3-13,22H,1-2H3,(H,23,24). The lowest BCUT2D eigenvalue weighted by Gasteiger charge is -2.09. The van der Waals surface area contributed by atoms with Gasteiger partial charge in [-0.05, 0) is 37.3 Å². The summed E-state index contributed by atoms with van der Waals surface area (Å²) in [5, 5.41) is 6.09. The smallest absolute Gasteiger partial charge is 0.257 e. The lowest BCUT2D eigenvalue weighted by molar-refractivity contribution is 0.102. The van der Waals surface area contributed by atoms with Crippen LogP contribution < -0.4 is 15.4 Å². The van der Waals surface area contributed by atoms with Crippen molar-refractivity contribution in [3.63, 3.8) is 0 Å². The number of carbonyl (C=O) groups excluding carboxylic acids is 1. The molecular weight excluding hydrogens is 314 g/mol. The molecule has 0 atom stereocenters. The van der Waals surface area contributed by atoms with E-state index in [0.717, 1.165) is 11.4 Å². The maximum absolute atomic E-state index is 12.4. The summed E-state index contributed by atoms with van der Waals surface area (Å²) < 4.78 is 5.16. The van der Waals surface area contributed by atoms with E-state index in [9.17, 15) is 4.79 Å². The Bertz CT molecular complexity index is 876. The molecule has 0 spiro atoms. The molecule has 5 heteroatoms. The summed E-state index contributed by atoms with van der Waals surface area (Å²) in [5.74, 6) is 0.457. The normalized spacial score (nSPS) is 10.2. The highest BCUT2D eigenvalue weighted by Gasteiger charge is 2.08. The predicted molar refractivity (Wildman–Crippen MR) is 99.6 cm³/mol. The van der Waals surface area contributed by atoms with Gasteiger partial charge in [0.2, 0.25) is 0 Å². The van der Waals surface area contributed by atoms with E-state index in [4.69, 9.17) is 4.74 Å². The maximum atomic E-state index is 12.4. The van der Waals surface area contributed by atoms with Gasteiger partial charge in [0, 0.05) is 23.6 Å². The van der Waals surface area contributed by atoms with E-state index in [1.165, 1.54) is 11.8 Å². The Kier molecular flexibility index (Phi) is 4.95. The first-order chi connectivity index (χ1) is 12.1. The molecule has 0 saturated carbocycles. The molecule has 2 N–H and O–H groups in total. The van der Waals surface area contributed by atoms with Crippen LogP contribution in [-0.2, 0) is 0 Å². The number of aromatic nitrogens is 1. The van der Waals surface area contributed by atoms with Crippen LogP contribution in [0.5, 0.6) is 5.75 Å². The number of nitrogens with one attached hydrogen (secondary N) is 2. The number of nitrogens with zero attached hydrogens (tertiary/aromatic N) is 1. The maximum Gasteiger partial charge on any atom is 0.257 e. The fourth-order valence-electron chi connectivity index (χ4n) is 2.34. The van der Waals surface area contributed by atoms with Crippen molar-refractivity contribution in [2.75, 3.05) is 17.7 Å². The summed E-state index contributed by atoms with van der Waals surface area (Å²) in [6.45, 7) is 2.04. The summed E-state index contributed by atoms with van der Waals surface area (Å²) >= 11 is 0. The Morgan fingerprint density at radius 2 is 1.76 bits per heavy atom. The molecule has 1 aromatic heterocycles. The van der Waals surface area contributed by atoms with Gasteiger partial charge in [0.05, 0.1) is 24.6 Å². The fraction of sp³-hybridized carbons (Fsp3) is 0.100. The van der Waals surface area contributed by atoms with Crippen LogP contribution in [-0.4, -0.2) is 18.0 Å². The summed E-state index contributed by atoms with van der Waals surface area (Å²) in [6.07, 6.45) is 3.22. The van der Waals surface area contributed by atoms with Gasteiger partial charge in [0.1, 0.15) is 5.75 Å². The number of hydrogen-bond donors (Lipinski definition) is 2. The predicted octanol–water partition coefficient (Wildman–Crippen LogP) is 4.39. The number of pyridine rings is 1. The van der Waals surface area contributed by atoms with Gasteiger partial charge in [-0.1, -0.05) is 23.8 Å². The summed E-state index contributed by atoms with van der Waals surface area (Å²) in [4.78, 5) is 16.6. The van der Waals surface area contributed by atoms with Crippen molar-refractivity contribution in [1.29, 1.82) is 0 Å². The largest absolute Gasteiger partial charge is 0.497 e. The van der Waals surface area contributed by atoms with Crippen molar-refractivity contribution in [1.82, 2.24) is 4.98 Å². The van der Waals surface area contributed by atoms with Crippen molar-refractivity contribution >= 4 is 23.0 Å². The first-order valence-corrected chi connectivity index (χ1v) is 7.88. The zero-order valence-corrected chi connectivity index (χ0v) is 14.1. The molecule has 3 rings (SSSR count). The third-order valence-electron chi connectivity index (χ3n) is 3.67. The van der Waals surface area contributed by atoms with E-state index in [1.54, 1.807) is 25.4 Å². The number of rotatable bonds is 5. The highest BCUT2D eigenvalue weighted by molar-refractivity contribution is 6.04. The molecule has 5 nitrogen and oxygen atoms in total. The van der Waals surface area contributed by atoms with Crippen molar-refractivity contribution in [2.45, 2.75) is 6.92 Å². The van der Waals surface area contributed by atoms with Crippen LogP contribution in [0.2, 0.25) is 0 Å². The molecule has 0 aliphatic rings. The number of benzene rings is 2. The van der Waals surface area contributed by atoms with Crippen molar-refractivity contribution < 1.29 is 9.53 Å². The second kappa shape index (κ2) is 7.49. The van der Waals surface area contributed by atoms with Gasteiger partial charge >= 0.3 is 0 Å². The average Bonchev–Trinajstić information content (AvgIpc) is 2.64. The number of amides is 1. The molecular formula is C20H19N3O2. The second-order valence-electron chi connectivity index (χ2n) is 5.64. The van der Waals surface area contributed by atoms with E-state index in [1.807, 2.05) is 49.4 Å². The van der Waals surface area contributed by atoms with E-state index >= 15 is 0 Å². The van der Waals surface area contributed by atoms with Crippen LogP contribution >= 0.6 is 0 Å². The number of methoxy groups -OCH3 is 1. The highest BCUT2D eigenvalue weighted by Crippen LogP contribution is 2.20. The molecule has 1 heterocycles. The minimum atomic E-state index is -0.228. The van der Waals surface area contributed by atoms with Crippen LogP contribution in [0.3, 0.4) is 0 Å². The van der Waals surface area contributed by atoms with Gasteiger partial charge in [-0.15, -0.1) is 0 Å². The van der Waals surface area contributed by atoms with Crippen molar-refractivity contribution in [3.05, 3.63) is 78.1 Å².